The first-order valence-corrected chi connectivity index (χ1v) is 17.2. The van der Waals surface area contributed by atoms with Crippen LogP contribution in [0.25, 0.3) is 39.2 Å². The van der Waals surface area contributed by atoms with Crippen LogP contribution in [0.2, 0.25) is 10.0 Å². The van der Waals surface area contributed by atoms with Crippen LogP contribution < -0.4 is 20.9 Å². The molecule has 2 aromatic carbocycles. The zero-order valence-electron chi connectivity index (χ0n) is 28.2. The topological polar surface area (TPSA) is 158 Å². The Bertz CT molecular complexity index is 2230. The molecule has 0 bridgehead atoms. The number of ether oxygens (including phenoxy) is 1. The van der Waals surface area contributed by atoms with Gasteiger partial charge in [0.1, 0.15) is 11.5 Å². The number of halogens is 3. The number of nitrogens with one attached hydrogen (secondary N) is 2. The maximum Gasteiger partial charge on any atom is 0.407 e. The zero-order chi connectivity index (χ0) is 37.1. The zero-order valence-corrected chi connectivity index (χ0v) is 29.7. The average Bonchev–Trinajstić information content (AvgIpc) is 3.53. The third-order valence-electron chi connectivity index (χ3n) is 8.78. The smallest absolute Gasteiger partial charge is 0.407 e. The number of benzene rings is 2. The van der Waals surface area contributed by atoms with Gasteiger partial charge in [-0.1, -0.05) is 59.6 Å². The van der Waals surface area contributed by atoms with Crippen LogP contribution in [0.4, 0.5) is 9.18 Å². The summed E-state index contributed by atoms with van der Waals surface area (Å²) in [7, 11) is 1.31. The molecule has 2 amide bonds. The van der Waals surface area contributed by atoms with Gasteiger partial charge >= 0.3 is 6.09 Å². The molecule has 1 unspecified atom stereocenters. The number of amides is 2. The van der Waals surface area contributed by atoms with Gasteiger partial charge in [0.25, 0.3) is 5.56 Å². The lowest BCUT2D eigenvalue weighted by Crippen LogP contribution is -2.41. The molecule has 1 aliphatic heterocycles. The minimum absolute atomic E-state index is 0.0163. The first-order chi connectivity index (χ1) is 24.9. The number of carbonyl (C=O) groups excluding carboxylic acids is 1. The van der Waals surface area contributed by atoms with Crippen LogP contribution in [-0.4, -0.2) is 73.8 Å². The van der Waals surface area contributed by atoms with Crippen LogP contribution in [0.5, 0.6) is 5.88 Å². The fourth-order valence-electron chi connectivity index (χ4n) is 6.17. The van der Waals surface area contributed by atoms with E-state index in [1.165, 1.54) is 23.8 Å². The van der Waals surface area contributed by atoms with Crippen LogP contribution in [0.15, 0.2) is 71.8 Å². The molecular formula is C37H35Cl2FN6O6. The van der Waals surface area contributed by atoms with Crippen molar-refractivity contribution in [1.29, 1.82) is 0 Å². The van der Waals surface area contributed by atoms with Gasteiger partial charge in [-0.2, -0.15) is 0 Å². The molecular weight excluding hydrogens is 714 g/mol. The highest BCUT2D eigenvalue weighted by Crippen LogP contribution is 2.42. The summed E-state index contributed by atoms with van der Waals surface area (Å²) in [6.07, 6.45) is 2.11. The minimum Gasteiger partial charge on any atom is -0.481 e. The van der Waals surface area contributed by atoms with E-state index in [9.17, 15) is 24.6 Å². The number of rotatable bonds is 12. The summed E-state index contributed by atoms with van der Waals surface area (Å²) in [5, 5.41) is 25.7. The molecule has 52 heavy (non-hydrogen) atoms. The van der Waals surface area contributed by atoms with Crippen molar-refractivity contribution >= 4 is 40.8 Å². The van der Waals surface area contributed by atoms with E-state index in [-0.39, 0.29) is 59.3 Å². The molecule has 5 aromatic rings. The second-order valence-electron chi connectivity index (χ2n) is 12.5. The number of aliphatic hydroxyl groups excluding tert-OH is 1. The van der Waals surface area contributed by atoms with E-state index in [1.54, 1.807) is 49.5 Å². The standard InChI is InChI=1S/C37H35Cl2FN6O6/c1-20(47)15-41-16-22-17-42-31-13-21(11-12-46(31)36(22)49)24-5-3-6-25(33(24)38)26-7-4-8-27(34(26)39)30-14-29(40)28(35(44-30)52-2)19-45(37(50)51)18-23-9-10-32(48)43-23/h3-8,11-14,17,20,23,41,47H,9-10,15-16,18-19H2,1-2H3,(H,43,48)(H,50,51)/t20?,23-/m0/s1. The van der Waals surface area contributed by atoms with Crippen LogP contribution >= 0.6 is 23.2 Å². The molecule has 0 spiro atoms. The molecule has 4 heterocycles. The third-order valence-corrected chi connectivity index (χ3v) is 9.60. The molecule has 0 saturated carbocycles. The summed E-state index contributed by atoms with van der Waals surface area (Å²) in [4.78, 5) is 46.7. The third kappa shape index (κ3) is 7.72. The number of nitrogens with zero attached hydrogens (tertiary/aromatic N) is 4. The van der Waals surface area contributed by atoms with E-state index in [0.717, 1.165) is 4.90 Å². The van der Waals surface area contributed by atoms with E-state index >= 15 is 4.39 Å². The van der Waals surface area contributed by atoms with Crippen molar-refractivity contribution in [1.82, 2.24) is 29.9 Å². The van der Waals surface area contributed by atoms with Gasteiger partial charge in [0, 0.05) is 78.4 Å². The Morgan fingerprint density at radius 1 is 1.12 bits per heavy atom. The second kappa shape index (κ2) is 15.7. The summed E-state index contributed by atoms with van der Waals surface area (Å²) < 4.78 is 22.6. The van der Waals surface area contributed by atoms with Gasteiger partial charge in [0.2, 0.25) is 11.8 Å². The molecule has 0 radical (unpaired) electrons. The number of aliphatic hydroxyl groups is 1. The SMILES string of the molecule is COc1nc(-c2cccc(-c3cccc(-c4ccn5c(=O)c(CNCC(C)O)cnc5c4)c3Cl)c2Cl)cc(F)c1CN(C[C@@H]1CCC(=O)N1)C(=O)O. The lowest BCUT2D eigenvalue weighted by Gasteiger charge is -2.24. The van der Waals surface area contributed by atoms with Gasteiger partial charge in [-0.25, -0.2) is 19.2 Å². The highest BCUT2D eigenvalue weighted by atomic mass is 35.5. The molecule has 1 aliphatic rings. The Balaban J connectivity index is 1.30. The maximum atomic E-state index is 15.8. The average molecular weight is 750 g/mol. The quantitative estimate of drug-likeness (QED) is 0.124. The van der Waals surface area contributed by atoms with E-state index in [4.69, 9.17) is 27.9 Å². The van der Waals surface area contributed by atoms with Crippen molar-refractivity contribution in [3.8, 4) is 39.4 Å². The maximum absolute atomic E-state index is 15.8. The van der Waals surface area contributed by atoms with Crippen molar-refractivity contribution in [2.45, 2.75) is 45.0 Å². The van der Waals surface area contributed by atoms with Gasteiger partial charge in [0.05, 0.1) is 41.1 Å². The fourth-order valence-corrected chi connectivity index (χ4v) is 6.83. The van der Waals surface area contributed by atoms with Crippen LogP contribution in [0.1, 0.15) is 30.9 Å². The lowest BCUT2D eigenvalue weighted by molar-refractivity contribution is -0.119. The first-order valence-electron chi connectivity index (χ1n) is 16.4. The van der Waals surface area contributed by atoms with Gasteiger partial charge < -0.3 is 30.5 Å². The molecule has 270 valence electrons. The summed E-state index contributed by atoms with van der Waals surface area (Å²) in [6, 6.07) is 15.0. The number of hydrogen-bond acceptors (Lipinski definition) is 8. The Morgan fingerprint density at radius 2 is 1.81 bits per heavy atom. The summed E-state index contributed by atoms with van der Waals surface area (Å²) >= 11 is 14.0. The largest absolute Gasteiger partial charge is 0.481 e. The summed E-state index contributed by atoms with van der Waals surface area (Å²) in [5.74, 6) is -1.00. The molecule has 3 aromatic heterocycles. The molecule has 15 heteroatoms. The number of carbonyl (C=O) groups is 2. The predicted molar refractivity (Wildman–Crippen MR) is 195 cm³/mol. The van der Waals surface area contributed by atoms with Crippen molar-refractivity contribution in [3.05, 3.63) is 104 Å². The number of carboxylic acid groups (broad SMARTS) is 1. The highest BCUT2D eigenvalue weighted by molar-refractivity contribution is 6.39. The number of hydrogen-bond donors (Lipinski definition) is 4. The molecule has 4 N–H and O–H groups in total. The van der Waals surface area contributed by atoms with E-state index in [1.807, 2.05) is 12.1 Å². The second-order valence-corrected chi connectivity index (χ2v) is 13.2. The summed E-state index contributed by atoms with van der Waals surface area (Å²) in [6.45, 7) is 1.90. The monoisotopic (exact) mass is 748 g/mol. The van der Waals surface area contributed by atoms with Crippen LogP contribution in [-0.2, 0) is 17.9 Å². The van der Waals surface area contributed by atoms with Crippen molar-refractivity contribution in [3.63, 3.8) is 0 Å². The van der Waals surface area contributed by atoms with Crippen molar-refractivity contribution < 1.29 is 28.9 Å². The van der Waals surface area contributed by atoms with Gasteiger partial charge in [-0.3, -0.25) is 14.0 Å². The number of fused-ring (bicyclic) bond motifs is 1. The number of aromatic nitrogens is 3. The Labute approximate surface area is 307 Å². The predicted octanol–water partition coefficient (Wildman–Crippen LogP) is 5.77. The Morgan fingerprint density at radius 3 is 2.46 bits per heavy atom. The van der Waals surface area contributed by atoms with Gasteiger partial charge in [-0.15, -0.1) is 0 Å². The van der Waals surface area contributed by atoms with Gasteiger partial charge in [-0.05, 0) is 31.0 Å². The van der Waals surface area contributed by atoms with E-state index in [0.29, 0.717) is 63.4 Å². The molecule has 1 saturated heterocycles. The van der Waals surface area contributed by atoms with Crippen LogP contribution in [0, 0.1) is 5.82 Å². The molecule has 0 aliphatic carbocycles. The van der Waals surface area contributed by atoms with Gasteiger partial charge in [0.15, 0.2) is 0 Å². The molecule has 6 rings (SSSR count). The van der Waals surface area contributed by atoms with E-state index < -0.39 is 18.0 Å². The normalized spacial score (nSPS) is 14.7. The first kappa shape index (κ1) is 36.7. The molecule has 1 fully saturated rings. The number of methoxy groups -OCH3 is 1. The Hall–Kier alpha value is -5.08. The van der Waals surface area contributed by atoms with Crippen molar-refractivity contribution in [2.75, 3.05) is 20.2 Å². The van der Waals surface area contributed by atoms with Crippen LogP contribution in [0.3, 0.4) is 0 Å². The minimum atomic E-state index is -1.28. The fraction of sp³-hybridized carbons (Fsp3) is 0.270. The highest BCUT2D eigenvalue weighted by Gasteiger charge is 2.28. The number of pyridine rings is 2. The van der Waals surface area contributed by atoms with E-state index in [2.05, 4.69) is 20.6 Å². The van der Waals surface area contributed by atoms with Crippen molar-refractivity contribution in [2.24, 2.45) is 0 Å². The molecule has 2 atom stereocenters. The molecule has 12 nitrogen and oxygen atoms in total. The summed E-state index contributed by atoms with van der Waals surface area (Å²) in [5.41, 5.74) is 3.66. The Kier molecular flexibility index (Phi) is 11.1. The lowest BCUT2D eigenvalue weighted by atomic mass is 9.97.